The number of hydrogen-bond donors (Lipinski definition) is 0. The average Bonchev–Trinajstić information content (AvgIpc) is 3.12. The zero-order valence-corrected chi connectivity index (χ0v) is 12.0. The summed E-state index contributed by atoms with van der Waals surface area (Å²) in [6, 6.07) is 12.3. The lowest BCUT2D eigenvalue weighted by Gasteiger charge is -2.02. The van der Waals surface area contributed by atoms with Crippen LogP contribution in [-0.4, -0.2) is 21.2 Å². The summed E-state index contributed by atoms with van der Waals surface area (Å²) in [6.07, 6.45) is 5.42. The molecule has 1 aliphatic rings. The number of imidazole rings is 1. The maximum atomic E-state index is 5.21. The SMILES string of the molecule is COc1ccc(-c2cn3c(n2)-c2cccn2CCC3)cc1. The van der Waals surface area contributed by atoms with Crippen LogP contribution in [0.1, 0.15) is 6.42 Å². The number of rotatable bonds is 2. The van der Waals surface area contributed by atoms with Crippen LogP contribution in [0.2, 0.25) is 0 Å². The van der Waals surface area contributed by atoms with Gasteiger partial charge in [-0.15, -0.1) is 0 Å². The van der Waals surface area contributed by atoms with Crippen LogP contribution in [0.25, 0.3) is 22.8 Å². The molecule has 0 radical (unpaired) electrons. The van der Waals surface area contributed by atoms with Gasteiger partial charge in [-0.2, -0.15) is 0 Å². The Bertz CT molecular complexity index is 768. The molecule has 0 fully saturated rings. The molecule has 0 atom stereocenters. The lowest BCUT2D eigenvalue weighted by atomic mass is 10.1. The van der Waals surface area contributed by atoms with Crippen LogP contribution in [0, 0.1) is 0 Å². The number of nitrogens with zero attached hydrogens (tertiary/aromatic N) is 3. The third-order valence-electron chi connectivity index (χ3n) is 4.02. The standard InChI is InChI=1S/C17H17N3O/c1-21-14-7-5-13(6-8-14)15-12-20-11-3-10-19-9-2-4-16(19)17(20)18-15/h2,4-9,12H,3,10-11H2,1H3. The van der Waals surface area contributed by atoms with Gasteiger partial charge >= 0.3 is 0 Å². The topological polar surface area (TPSA) is 32.0 Å². The summed E-state index contributed by atoms with van der Waals surface area (Å²) < 4.78 is 9.75. The Labute approximate surface area is 123 Å². The van der Waals surface area contributed by atoms with Crippen molar-refractivity contribution in [1.82, 2.24) is 14.1 Å². The molecule has 106 valence electrons. The van der Waals surface area contributed by atoms with Crippen molar-refractivity contribution < 1.29 is 4.74 Å². The highest BCUT2D eigenvalue weighted by atomic mass is 16.5. The molecule has 0 amide bonds. The van der Waals surface area contributed by atoms with E-state index in [-0.39, 0.29) is 0 Å². The molecule has 0 N–H and O–H groups in total. The second-order valence-corrected chi connectivity index (χ2v) is 5.31. The highest BCUT2D eigenvalue weighted by molar-refractivity contribution is 5.64. The van der Waals surface area contributed by atoms with Gasteiger partial charge in [0.15, 0.2) is 5.82 Å². The van der Waals surface area contributed by atoms with E-state index in [1.54, 1.807) is 7.11 Å². The molecular weight excluding hydrogens is 262 g/mol. The lowest BCUT2D eigenvalue weighted by Crippen LogP contribution is -1.96. The molecule has 0 bridgehead atoms. The number of benzene rings is 1. The normalized spacial score (nSPS) is 13.4. The van der Waals surface area contributed by atoms with Crippen LogP contribution in [-0.2, 0) is 13.1 Å². The Kier molecular flexibility index (Phi) is 2.81. The van der Waals surface area contributed by atoms with Crippen molar-refractivity contribution in [3.8, 4) is 28.5 Å². The summed E-state index contributed by atoms with van der Waals surface area (Å²) in [5, 5.41) is 0. The first-order valence-corrected chi connectivity index (χ1v) is 7.22. The first-order valence-electron chi connectivity index (χ1n) is 7.22. The zero-order valence-electron chi connectivity index (χ0n) is 12.0. The van der Waals surface area contributed by atoms with Crippen LogP contribution in [0.3, 0.4) is 0 Å². The number of fused-ring (bicyclic) bond motifs is 3. The molecule has 4 heteroatoms. The fourth-order valence-electron chi connectivity index (χ4n) is 2.92. The van der Waals surface area contributed by atoms with Gasteiger partial charge < -0.3 is 13.9 Å². The molecule has 21 heavy (non-hydrogen) atoms. The van der Waals surface area contributed by atoms with Crippen LogP contribution in [0.5, 0.6) is 5.75 Å². The Hall–Kier alpha value is -2.49. The summed E-state index contributed by atoms with van der Waals surface area (Å²) >= 11 is 0. The van der Waals surface area contributed by atoms with Crippen LogP contribution in [0.15, 0.2) is 48.8 Å². The Morgan fingerprint density at radius 3 is 2.67 bits per heavy atom. The van der Waals surface area contributed by atoms with E-state index in [0.717, 1.165) is 42.3 Å². The molecule has 3 heterocycles. The summed E-state index contributed by atoms with van der Waals surface area (Å²) in [6.45, 7) is 2.07. The molecular formula is C17H17N3O. The number of methoxy groups -OCH3 is 1. The minimum Gasteiger partial charge on any atom is -0.497 e. The average molecular weight is 279 g/mol. The van der Waals surface area contributed by atoms with Gasteiger partial charge in [0.1, 0.15) is 5.75 Å². The fourth-order valence-corrected chi connectivity index (χ4v) is 2.92. The second kappa shape index (κ2) is 4.81. The number of ether oxygens (including phenoxy) is 1. The molecule has 0 unspecified atom stereocenters. The maximum absolute atomic E-state index is 5.21. The molecule has 0 aliphatic carbocycles. The van der Waals surface area contributed by atoms with Crippen LogP contribution >= 0.6 is 0 Å². The van der Waals surface area contributed by atoms with Crippen molar-refractivity contribution in [3.05, 3.63) is 48.8 Å². The van der Waals surface area contributed by atoms with E-state index >= 15 is 0 Å². The third-order valence-corrected chi connectivity index (χ3v) is 4.02. The van der Waals surface area contributed by atoms with Crippen molar-refractivity contribution in [2.24, 2.45) is 0 Å². The van der Waals surface area contributed by atoms with E-state index in [1.165, 1.54) is 5.69 Å². The summed E-state index contributed by atoms with van der Waals surface area (Å²) in [5.41, 5.74) is 3.34. The Morgan fingerprint density at radius 2 is 1.86 bits per heavy atom. The molecule has 0 saturated carbocycles. The zero-order chi connectivity index (χ0) is 14.2. The number of aromatic nitrogens is 3. The first-order chi connectivity index (χ1) is 10.3. The van der Waals surface area contributed by atoms with Gasteiger partial charge in [0.25, 0.3) is 0 Å². The number of hydrogen-bond acceptors (Lipinski definition) is 2. The Morgan fingerprint density at radius 1 is 1.05 bits per heavy atom. The predicted molar refractivity (Wildman–Crippen MR) is 82.3 cm³/mol. The number of aryl methyl sites for hydroxylation is 2. The Balaban J connectivity index is 1.79. The molecule has 1 aliphatic heterocycles. The van der Waals surface area contributed by atoms with E-state index in [0.29, 0.717) is 0 Å². The second-order valence-electron chi connectivity index (χ2n) is 5.31. The van der Waals surface area contributed by atoms with Gasteiger partial charge in [-0.25, -0.2) is 4.98 Å². The molecule has 2 aromatic heterocycles. The minimum atomic E-state index is 0.869. The molecule has 4 rings (SSSR count). The quantitative estimate of drug-likeness (QED) is 0.720. The van der Waals surface area contributed by atoms with Gasteiger partial charge in [-0.3, -0.25) is 0 Å². The van der Waals surface area contributed by atoms with Gasteiger partial charge in [-0.05, 0) is 42.8 Å². The molecule has 3 aromatic rings. The largest absolute Gasteiger partial charge is 0.497 e. The van der Waals surface area contributed by atoms with Gasteiger partial charge in [0, 0.05) is 31.0 Å². The van der Waals surface area contributed by atoms with E-state index in [4.69, 9.17) is 9.72 Å². The molecule has 0 spiro atoms. The third kappa shape index (κ3) is 2.03. The smallest absolute Gasteiger partial charge is 0.157 e. The highest BCUT2D eigenvalue weighted by Crippen LogP contribution is 2.28. The van der Waals surface area contributed by atoms with Gasteiger partial charge in [-0.1, -0.05) is 0 Å². The van der Waals surface area contributed by atoms with Crippen molar-refractivity contribution in [2.45, 2.75) is 19.5 Å². The van der Waals surface area contributed by atoms with Gasteiger partial charge in [0.05, 0.1) is 18.5 Å². The van der Waals surface area contributed by atoms with Crippen molar-refractivity contribution >= 4 is 0 Å². The van der Waals surface area contributed by atoms with Crippen LogP contribution < -0.4 is 4.74 Å². The maximum Gasteiger partial charge on any atom is 0.157 e. The molecule has 4 nitrogen and oxygen atoms in total. The van der Waals surface area contributed by atoms with E-state index in [2.05, 4.69) is 45.8 Å². The van der Waals surface area contributed by atoms with E-state index in [1.807, 2.05) is 12.1 Å². The van der Waals surface area contributed by atoms with Gasteiger partial charge in [0.2, 0.25) is 0 Å². The highest BCUT2D eigenvalue weighted by Gasteiger charge is 2.17. The van der Waals surface area contributed by atoms with Crippen molar-refractivity contribution in [2.75, 3.05) is 7.11 Å². The molecule has 1 aromatic carbocycles. The summed E-state index contributed by atoms with van der Waals surface area (Å²) in [5.74, 6) is 1.93. The summed E-state index contributed by atoms with van der Waals surface area (Å²) in [7, 11) is 1.68. The van der Waals surface area contributed by atoms with Crippen molar-refractivity contribution in [3.63, 3.8) is 0 Å². The van der Waals surface area contributed by atoms with Crippen molar-refractivity contribution in [1.29, 1.82) is 0 Å². The predicted octanol–water partition coefficient (Wildman–Crippen LogP) is 3.43. The first kappa shape index (κ1) is 12.3. The van der Waals surface area contributed by atoms with E-state index < -0.39 is 0 Å². The lowest BCUT2D eigenvalue weighted by molar-refractivity contribution is 0.415. The summed E-state index contributed by atoms with van der Waals surface area (Å²) in [4.78, 5) is 4.85. The van der Waals surface area contributed by atoms with E-state index in [9.17, 15) is 0 Å². The molecule has 0 saturated heterocycles. The monoisotopic (exact) mass is 279 g/mol. The minimum absolute atomic E-state index is 0.869. The van der Waals surface area contributed by atoms with Crippen LogP contribution in [0.4, 0.5) is 0 Å². The fraction of sp³-hybridized carbons (Fsp3) is 0.235.